The molecule has 1 aliphatic heterocycles. The molecule has 2 atom stereocenters. The molecule has 0 aliphatic carbocycles. The zero-order chi connectivity index (χ0) is 30.2. The zero-order valence-corrected chi connectivity index (χ0v) is 26.2. The molecule has 4 aromatic rings. The average Bonchev–Trinajstić information content (AvgIpc) is 3.39. The Balaban J connectivity index is 1.51. The summed E-state index contributed by atoms with van der Waals surface area (Å²) >= 11 is 16.1. The first kappa shape index (κ1) is 31.0. The predicted octanol–water partition coefficient (Wildman–Crippen LogP) is 6.84. The number of carbonyl (C=O) groups is 1. The summed E-state index contributed by atoms with van der Waals surface area (Å²) in [6.07, 6.45) is 0.0706. The molecule has 43 heavy (non-hydrogen) atoms. The summed E-state index contributed by atoms with van der Waals surface area (Å²) in [7, 11) is 0. The van der Waals surface area contributed by atoms with Gasteiger partial charge in [-0.3, -0.25) is 10.2 Å². The van der Waals surface area contributed by atoms with Gasteiger partial charge in [-0.1, -0.05) is 93.7 Å². The number of aliphatic hydroxyl groups excluding tert-OH is 1. The van der Waals surface area contributed by atoms with E-state index in [4.69, 9.17) is 42.8 Å². The lowest BCUT2D eigenvalue weighted by Gasteiger charge is -2.31. The Morgan fingerprint density at radius 2 is 1.74 bits per heavy atom. The number of ether oxygens (including phenoxy) is 2. The van der Waals surface area contributed by atoms with Crippen LogP contribution >= 0.6 is 39.1 Å². The number of aliphatic imine (C=N–C) groups is 1. The van der Waals surface area contributed by atoms with Gasteiger partial charge in [-0.2, -0.15) is 0 Å². The SMILES string of the molecule is O=C(NNCc1ccc(Cl)cc1Cl)[C@@]1(Cc2ccccc2)N=C(c2ccc(OCCCO)cc2)O[C@H]1c1ccccc1Br. The van der Waals surface area contributed by atoms with Crippen molar-refractivity contribution in [1.29, 1.82) is 0 Å². The van der Waals surface area contributed by atoms with Crippen LogP contribution in [0, 0.1) is 0 Å². The quantitative estimate of drug-likeness (QED) is 0.112. The maximum Gasteiger partial charge on any atom is 0.266 e. The van der Waals surface area contributed by atoms with Gasteiger partial charge in [0.25, 0.3) is 5.91 Å². The Hall–Kier alpha value is -3.40. The standard InChI is InChI=1S/C33H30BrCl2N3O4/c34-28-10-5-4-9-27(28)30-33(20-22-7-2-1-3-8-22,32(41)39-37-21-24-11-14-25(35)19-29(24)36)38-31(43-30)23-12-15-26(16-13-23)42-18-6-17-40/h1-5,7-16,19,30,37,40H,6,17-18,20-21H2,(H,39,41)/t30-,33-/m0/s1. The molecule has 3 N–H and O–H groups in total. The summed E-state index contributed by atoms with van der Waals surface area (Å²) in [5.41, 5.74) is 7.74. The fourth-order valence-corrected chi connectivity index (χ4v) is 5.82. The van der Waals surface area contributed by atoms with Crippen molar-refractivity contribution in [2.24, 2.45) is 4.99 Å². The molecule has 1 amide bonds. The Bertz CT molecular complexity index is 1590. The number of benzene rings is 4. The fourth-order valence-electron chi connectivity index (χ4n) is 4.85. The van der Waals surface area contributed by atoms with E-state index < -0.39 is 11.6 Å². The van der Waals surface area contributed by atoms with Gasteiger partial charge >= 0.3 is 0 Å². The van der Waals surface area contributed by atoms with Crippen molar-refractivity contribution in [3.63, 3.8) is 0 Å². The maximum absolute atomic E-state index is 14.3. The number of hydrazine groups is 1. The predicted molar refractivity (Wildman–Crippen MR) is 172 cm³/mol. The molecular weight excluding hydrogens is 653 g/mol. The van der Waals surface area contributed by atoms with Crippen LogP contribution in [-0.4, -0.2) is 35.7 Å². The average molecular weight is 683 g/mol. The molecule has 0 spiro atoms. The summed E-state index contributed by atoms with van der Waals surface area (Å²) in [4.78, 5) is 19.4. The normalized spacial score (nSPS) is 17.7. The van der Waals surface area contributed by atoms with Gasteiger partial charge in [0.15, 0.2) is 11.6 Å². The van der Waals surface area contributed by atoms with Crippen LogP contribution in [0.4, 0.5) is 0 Å². The summed E-state index contributed by atoms with van der Waals surface area (Å²) in [5, 5.41) is 10.1. The molecule has 0 radical (unpaired) electrons. The summed E-state index contributed by atoms with van der Waals surface area (Å²) < 4.78 is 13.1. The molecule has 0 fully saturated rings. The summed E-state index contributed by atoms with van der Waals surface area (Å²) in [5.74, 6) is 0.646. The van der Waals surface area contributed by atoms with Gasteiger partial charge in [-0.15, -0.1) is 0 Å². The first-order valence-electron chi connectivity index (χ1n) is 13.8. The first-order chi connectivity index (χ1) is 20.9. The van der Waals surface area contributed by atoms with Gasteiger partial charge < -0.3 is 14.6 Å². The topological polar surface area (TPSA) is 92.2 Å². The second kappa shape index (κ2) is 14.4. The molecule has 5 rings (SSSR count). The van der Waals surface area contributed by atoms with Crippen LogP contribution in [0.1, 0.15) is 34.8 Å². The van der Waals surface area contributed by atoms with Crippen LogP contribution < -0.4 is 15.6 Å². The molecule has 4 aromatic carbocycles. The highest BCUT2D eigenvalue weighted by Crippen LogP contribution is 2.44. The zero-order valence-electron chi connectivity index (χ0n) is 23.1. The smallest absolute Gasteiger partial charge is 0.266 e. The molecule has 222 valence electrons. The molecule has 7 nitrogen and oxygen atoms in total. The van der Waals surface area contributed by atoms with E-state index in [9.17, 15) is 4.79 Å². The van der Waals surface area contributed by atoms with Crippen LogP contribution in [0.3, 0.4) is 0 Å². The molecule has 0 saturated carbocycles. The molecule has 1 aliphatic rings. The minimum Gasteiger partial charge on any atom is -0.494 e. The van der Waals surface area contributed by atoms with Gasteiger partial charge in [0.05, 0.1) is 6.61 Å². The molecule has 0 bridgehead atoms. The highest BCUT2D eigenvalue weighted by Gasteiger charge is 2.53. The summed E-state index contributed by atoms with van der Waals surface area (Å²) in [6.45, 7) is 0.746. The number of aliphatic hydroxyl groups is 1. The summed E-state index contributed by atoms with van der Waals surface area (Å²) in [6, 6.07) is 30.0. The third-order valence-corrected chi connectivity index (χ3v) is 8.34. The number of rotatable bonds is 12. The monoisotopic (exact) mass is 681 g/mol. The third kappa shape index (κ3) is 7.40. The van der Waals surface area contributed by atoms with E-state index in [0.717, 1.165) is 21.2 Å². The van der Waals surface area contributed by atoms with Gasteiger partial charge in [-0.25, -0.2) is 10.4 Å². The molecule has 0 saturated heterocycles. The Kier molecular flexibility index (Phi) is 10.4. The van der Waals surface area contributed by atoms with E-state index in [0.29, 0.717) is 40.3 Å². The Morgan fingerprint density at radius 1 is 1.00 bits per heavy atom. The van der Waals surface area contributed by atoms with Crippen molar-refractivity contribution in [2.45, 2.75) is 31.0 Å². The number of hydrogen-bond acceptors (Lipinski definition) is 6. The van der Waals surface area contributed by atoms with Gasteiger partial charge in [0.1, 0.15) is 5.75 Å². The van der Waals surface area contributed by atoms with Crippen molar-refractivity contribution in [2.75, 3.05) is 13.2 Å². The minimum absolute atomic E-state index is 0.0618. The largest absolute Gasteiger partial charge is 0.494 e. The van der Waals surface area contributed by atoms with E-state index in [2.05, 4.69) is 26.8 Å². The number of nitrogens with one attached hydrogen (secondary N) is 2. The van der Waals surface area contributed by atoms with Crippen molar-refractivity contribution in [3.8, 4) is 5.75 Å². The van der Waals surface area contributed by atoms with Crippen LogP contribution in [0.25, 0.3) is 0 Å². The van der Waals surface area contributed by atoms with E-state index in [1.54, 1.807) is 18.2 Å². The Morgan fingerprint density at radius 3 is 2.47 bits per heavy atom. The number of amides is 1. The fraction of sp³-hybridized carbons (Fsp3) is 0.212. The molecule has 10 heteroatoms. The van der Waals surface area contributed by atoms with Crippen LogP contribution in [0.15, 0.2) is 107 Å². The second-order valence-electron chi connectivity index (χ2n) is 10.0. The van der Waals surface area contributed by atoms with Gasteiger partial charge in [0, 0.05) is 51.6 Å². The number of nitrogens with zero attached hydrogens (tertiary/aromatic N) is 1. The molecule has 1 heterocycles. The minimum atomic E-state index is -1.37. The van der Waals surface area contributed by atoms with E-state index >= 15 is 0 Å². The van der Waals surface area contributed by atoms with Gasteiger partial charge in [0.2, 0.25) is 5.90 Å². The lowest BCUT2D eigenvalue weighted by Crippen LogP contribution is -2.53. The van der Waals surface area contributed by atoms with Crippen molar-refractivity contribution >= 4 is 50.9 Å². The molecule has 0 unspecified atom stereocenters. The molecular formula is C33H30BrCl2N3O4. The van der Waals surface area contributed by atoms with E-state index in [1.165, 1.54) is 0 Å². The Labute approximate surface area is 269 Å². The van der Waals surface area contributed by atoms with E-state index in [1.807, 2.05) is 78.9 Å². The lowest BCUT2D eigenvalue weighted by molar-refractivity contribution is -0.130. The number of hydrogen-bond donors (Lipinski definition) is 3. The van der Waals surface area contributed by atoms with E-state index in [-0.39, 0.29) is 25.5 Å². The van der Waals surface area contributed by atoms with Crippen molar-refractivity contribution in [1.82, 2.24) is 10.9 Å². The number of carbonyl (C=O) groups excluding carboxylic acids is 1. The van der Waals surface area contributed by atoms with Crippen LogP contribution in [0.2, 0.25) is 10.0 Å². The maximum atomic E-state index is 14.3. The van der Waals surface area contributed by atoms with Crippen LogP contribution in [0.5, 0.6) is 5.75 Å². The first-order valence-corrected chi connectivity index (χ1v) is 15.3. The van der Waals surface area contributed by atoms with Crippen LogP contribution in [-0.2, 0) is 22.5 Å². The second-order valence-corrected chi connectivity index (χ2v) is 11.7. The molecule has 0 aromatic heterocycles. The van der Waals surface area contributed by atoms with Crippen molar-refractivity contribution in [3.05, 3.63) is 134 Å². The van der Waals surface area contributed by atoms with Crippen molar-refractivity contribution < 1.29 is 19.4 Å². The number of halogens is 3. The third-order valence-electron chi connectivity index (χ3n) is 7.03. The lowest BCUT2D eigenvalue weighted by atomic mass is 9.82. The van der Waals surface area contributed by atoms with Gasteiger partial charge in [-0.05, 0) is 53.6 Å². The highest BCUT2D eigenvalue weighted by molar-refractivity contribution is 9.10. The highest BCUT2D eigenvalue weighted by atomic mass is 79.9.